The maximum absolute atomic E-state index is 13.2. The number of rotatable bonds is 8. The summed E-state index contributed by atoms with van der Waals surface area (Å²) in [4.78, 5) is 27.6. The summed E-state index contributed by atoms with van der Waals surface area (Å²) in [7, 11) is 0. The molecule has 152 valence electrons. The first-order chi connectivity index (χ1) is 14.7. The van der Waals surface area contributed by atoms with Crippen LogP contribution < -0.4 is 10.1 Å². The van der Waals surface area contributed by atoms with Crippen molar-refractivity contribution in [3.63, 3.8) is 0 Å². The number of ether oxygens (including phenoxy) is 1. The molecule has 0 fully saturated rings. The van der Waals surface area contributed by atoms with Crippen LogP contribution in [0.4, 0.5) is 5.69 Å². The molecule has 1 aliphatic rings. The Morgan fingerprint density at radius 1 is 0.933 bits per heavy atom. The number of hydrogen-bond acceptors (Lipinski definition) is 5. The van der Waals surface area contributed by atoms with Gasteiger partial charge in [-0.25, -0.2) is 0 Å². The normalized spacial score (nSPS) is 13.8. The summed E-state index contributed by atoms with van der Waals surface area (Å²) in [5.41, 5.74) is 1.96. The molecular formula is C24H22N2O4. The molecule has 0 atom stereocenters. The van der Waals surface area contributed by atoms with Crippen LogP contribution in [0.2, 0.25) is 0 Å². The highest BCUT2D eigenvalue weighted by molar-refractivity contribution is 6.36. The third-order valence-corrected chi connectivity index (χ3v) is 4.72. The number of furan rings is 1. The summed E-state index contributed by atoms with van der Waals surface area (Å²) in [6.45, 7) is 2.74. The van der Waals surface area contributed by atoms with Crippen LogP contribution in [0.3, 0.4) is 0 Å². The molecule has 0 unspecified atom stereocenters. The predicted octanol–water partition coefficient (Wildman–Crippen LogP) is 4.46. The Labute approximate surface area is 174 Å². The molecule has 0 bridgehead atoms. The van der Waals surface area contributed by atoms with Crippen LogP contribution in [0.1, 0.15) is 24.7 Å². The molecule has 2 amide bonds. The predicted molar refractivity (Wildman–Crippen MR) is 113 cm³/mol. The second-order valence-electron chi connectivity index (χ2n) is 6.89. The number of anilines is 1. The molecule has 2 heterocycles. The van der Waals surface area contributed by atoms with Crippen molar-refractivity contribution in [2.24, 2.45) is 0 Å². The maximum atomic E-state index is 13.2. The van der Waals surface area contributed by atoms with E-state index in [2.05, 4.69) is 5.32 Å². The van der Waals surface area contributed by atoms with Gasteiger partial charge in [-0.15, -0.1) is 0 Å². The maximum Gasteiger partial charge on any atom is 0.278 e. The minimum atomic E-state index is -0.387. The largest absolute Gasteiger partial charge is 0.494 e. The van der Waals surface area contributed by atoms with Crippen molar-refractivity contribution in [3.05, 3.63) is 90.0 Å². The Balaban J connectivity index is 1.69. The molecule has 4 rings (SSSR count). The highest BCUT2D eigenvalue weighted by Crippen LogP contribution is 2.32. The van der Waals surface area contributed by atoms with E-state index < -0.39 is 0 Å². The van der Waals surface area contributed by atoms with E-state index >= 15 is 0 Å². The van der Waals surface area contributed by atoms with E-state index in [1.807, 2.05) is 49.4 Å². The Morgan fingerprint density at radius 3 is 2.37 bits per heavy atom. The average Bonchev–Trinajstić information content (AvgIpc) is 3.37. The smallest absolute Gasteiger partial charge is 0.278 e. The molecule has 1 N–H and O–H groups in total. The van der Waals surface area contributed by atoms with Gasteiger partial charge in [-0.1, -0.05) is 37.3 Å². The minimum absolute atomic E-state index is 0.0752. The lowest BCUT2D eigenvalue weighted by Gasteiger charge is -2.13. The number of benzene rings is 2. The van der Waals surface area contributed by atoms with Gasteiger partial charge in [0, 0.05) is 5.69 Å². The number of para-hydroxylation sites is 1. The minimum Gasteiger partial charge on any atom is -0.494 e. The lowest BCUT2D eigenvalue weighted by molar-refractivity contribution is -0.137. The average molecular weight is 402 g/mol. The zero-order valence-electron chi connectivity index (χ0n) is 16.6. The number of hydrogen-bond donors (Lipinski definition) is 1. The molecule has 0 saturated heterocycles. The highest BCUT2D eigenvalue weighted by atomic mass is 16.5. The van der Waals surface area contributed by atoms with Gasteiger partial charge in [-0.05, 0) is 48.4 Å². The van der Waals surface area contributed by atoms with Gasteiger partial charge in [0.25, 0.3) is 11.8 Å². The van der Waals surface area contributed by atoms with Crippen LogP contribution in [-0.4, -0.2) is 23.3 Å². The monoisotopic (exact) mass is 402 g/mol. The van der Waals surface area contributed by atoms with Gasteiger partial charge < -0.3 is 14.5 Å². The molecule has 30 heavy (non-hydrogen) atoms. The van der Waals surface area contributed by atoms with Crippen LogP contribution in [0, 0.1) is 0 Å². The van der Waals surface area contributed by atoms with Crippen LogP contribution in [0.15, 0.2) is 83.1 Å². The van der Waals surface area contributed by atoms with E-state index in [0.717, 1.165) is 17.9 Å². The summed E-state index contributed by atoms with van der Waals surface area (Å²) < 4.78 is 11.0. The molecule has 6 heteroatoms. The van der Waals surface area contributed by atoms with E-state index in [0.29, 0.717) is 23.5 Å². The fourth-order valence-electron chi connectivity index (χ4n) is 3.27. The van der Waals surface area contributed by atoms with E-state index in [-0.39, 0.29) is 24.1 Å². The van der Waals surface area contributed by atoms with Crippen LogP contribution in [0.5, 0.6) is 5.75 Å². The first-order valence-corrected chi connectivity index (χ1v) is 9.85. The molecule has 0 aliphatic carbocycles. The quantitative estimate of drug-likeness (QED) is 0.563. The van der Waals surface area contributed by atoms with Gasteiger partial charge >= 0.3 is 0 Å². The number of imide groups is 1. The number of nitrogens with one attached hydrogen (secondary N) is 1. The number of carbonyl (C=O) groups excluding carboxylic acids is 2. The van der Waals surface area contributed by atoms with E-state index in [1.165, 1.54) is 11.2 Å². The Hall–Kier alpha value is -3.80. The lowest BCUT2D eigenvalue weighted by atomic mass is 10.0. The molecule has 6 nitrogen and oxygen atoms in total. The third-order valence-electron chi connectivity index (χ3n) is 4.72. The summed E-state index contributed by atoms with van der Waals surface area (Å²) in [5.74, 6) is 0.516. The van der Waals surface area contributed by atoms with Gasteiger partial charge in [0.2, 0.25) is 0 Å². The van der Waals surface area contributed by atoms with Crippen molar-refractivity contribution in [1.82, 2.24) is 4.90 Å². The van der Waals surface area contributed by atoms with Gasteiger partial charge in [0.15, 0.2) is 0 Å². The van der Waals surface area contributed by atoms with Gasteiger partial charge in [-0.3, -0.25) is 14.5 Å². The zero-order chi connectivity index (χ0) is 20.9. The first kappa shape index (κ1) is 19.5. The molecule has 0 radical (unpaired) electrons. The van der Waals surface area contributed by atoms with Crippen LogP contribution in [-0.2, 0) is 16.1 Å². The van der Waals surface area contributed by atoms with Crippen molar-refractivity contribution in [2.45, 2.75) is 19.9 Å². The van der Waals surface area contributed by atoms with Crippen LogP contribution in [0.25, 0.3) is 5.57 Å². The van der Waals surface area contributed by atoms with Crippen molar-refractivity contribution < 1.29 is 18.7 Å². The molecule has 2 aromatic carbocycles. The SMILES string of the molecule is CCCOc1ccc(C2=C(Nc3ccccc3)C(=O)N(Cc3ccco3)C2=O)cc1. The lowest BCUT2D eigenvalue weighted by Crippen LogP contribution is -2.31. The molecule has 3 aromatic rings. The molecule has 0 spiro atoms. The second kappa shape index (κ2) is 8.69. The fraction of sp³-hybridized carbons (Fsp3) is 0.167. The Morgan fingerprint density at radius 2 is 1.70 bits per heavy atom. The van der Waals surface area contributed by atoms with E-state index in [9.17, 15) is 9.59 Å². The zero-order valence-corrected chi connectivity index (χ0v) is 16.6. The van der Waals surface area contributed by atoms with Crippen LogP contribution >= 0.6 is 0 Å². The van der Waals surface area contributed by atoms with Gasteiger partial charge in [0.05, 0.1) is 25.0 Å². The molecule has 1 aliphatic heterocycles. The van der Waals surface area contributed by atoms with Gasteiger partial charge in [-0.2, -0.15) is 0 Å². The van der Waals surface area contributed by atoms with Gasteiger partial charge in [0.1, 0.15) is 17.2 Å². The van der Waals surface area contributed by atoms with E-state index in [1.54, 1.807) is 24.3 Å². The number of amides is 2. The fourth-order valence-corrected chi connectivity index (χ4v) is 3.27. The van der Waals surface area contributed by atoms with Crippen molar-refractivity contribution >= 4 is 23.1 Å². The van der Waals surface area contributed by atoms with Crippen molar-refractivity contribution in [1.29, 1.82) is 0 Å². The standard InChI is InChI=1S/C24H22N2O4/c1-2-14-29-19-12-10-17(11-13-19)21-22(25-18-7-4-3-5-8-18)24(28)26(23(21)27)16-20-9-6-15-30-20/h3-13,15,25H,2,14,16H2,1H3. The summed E-state index contributed by atoms with van der Waals surface area (Å²) in [5, 5.41) is 3.13. The number of nitrogens with zero attached hydrogens (tertiary/aromatic N) is 1. The molecular weight excluding hydrogens is 380 g/mol. The second-order valence-corrected chi connectivity index (χ2v) is 6.89. The highest BCUT2D eigenvalue weighted by Gasteiger charge is 2.39. The molecule has 1 aromatic heterocycles. The summed E-state index contributed by atoms with van der Waals surface area (Å²) in [6, 6.07) is 20.0. The summed E-state index contributed by atoms with van der Waals surface area (Å²) >= 11 is 0. The topological polar surface area (TPSA) is 71.8 Å². The molecule has 0 saturated carbocycles. The Bertz CT molecular complexity index is 1050. The third kappa shape index (κ3) is 3.98. The van der Waals surface area contributed by atoms with E-state index in [4.69, 9.17) is 9.15 Å². The van der Waals surface area contributed by atoms with Crippen molar-refractivity contribution in [3.8, 4) is 5.75 Å². The first-order valence-electron chi connectivity index (χ1n) is 9.85. The Kier molecular flexibility index (Phi) is 5.66. The number of carbonyl (C=O) groups is 2. The van der Waals surface area contributed by atoms with Crippen molar-refractivity contribution in [2.75, 3.05) is 11.9 Å². The summed E-state index contributed by atoms with van der Waals surface area (Å²) in [6.07, 6.45) is 2.43.